The predicted molar refractivity (Wildman–Crippen MR) is 82.9 cm³/mol. The van der Waals surface area contributed by atoms with E-state index in [9.17, 15) is 19.3 Å². The normalized spacial score (nSPS) is 20.3. The van der Waals surface area contributed by atoms with E-state index in [4.69, 9.17) is 4.74 Å². The van der Waals surface area contributed by atoms with E-state index < -0.39 is 22.4 Å². The predicted octanol–water partition coefficient (Wildman–Crippen LogP) is 3.20. The highest BCUT2D eigenvalue weighted by Crippen LogP contribution is 2.28. The van der Waals surface area contributed by atoms with Gasteiger partial charge in [0, 0.05) is 24.2 Å². The molecule has 1 fully saturated rings. The van der Waals surface area contributed by atoms with Crippen LogP contribution in [0.4, 0.5) is 20.6 Å². The molecule has 0 heterocycles. The Morgan fingerprint density at radius 2 is 2.00 bits per heavy atom. The molecule has 0 aromatic heterocycles. The third kappa shape index (κ3) is 4.80. The maximum atomic E-state index is 13.7. The Morgan fingerprint density at radius 1 is 1.35 bits per heavy atom. The van der Waals surface area contributed by atoms with Crippen molar-refractivity contribution in [1.29, 1.82) is 0 Å². The van der Waals surface area contributed by atoms with Crippen LogP contribution in [0.25, 0.3) is 0 Å². The van der Waals surface area contributed by atoms with E-state index in [0.29, 0.717) is 12.8 Å². The van der Waals surface area contributed by atoms with Gasteiger partial charge in [0.2, 0.25) is 0 Å². The van der Waals surface area contributed by atoms with Crippen molar-refractivity contribution in [3.8, 4) is 0 Å². The summed E-state index contributed by atoms with van der Waals surface area (Å²) in [6.45, 7) is 5.34. The molecule has 0 radical (unpaired) electrons. The van der Waals surface area contributed by atoms with E-state index >= 15 is 0 Å². The summed E-state index contributed by atoms with van der Waals surface area (Å²) in [7, 11) is 0. The third-order valence-electron chi connectivity index (χ3n) is 3.38. The minimum atomic E-state index is -0.571. The maximum Gasteiger partial charge on any atom is 0.407 e. The number of carbonyl (C=O) groups excluding carboxylic acids is 1. The van der Waals surface area contributed by atoms with Gasteiger partial charge in [-0.25, -0.2) is 9.18 Å². The Morgan fingerprint density at radius 3 is 2.57 bits per heavy atom. The summed E-state index contributed by atoms with van der Waals surface area (Å²) in [5.41, 5.74) is -0.631. The van der Waals surface area contributed by atoms with Crippen LogP contribution in [0, 0.1) is 15.9 Å². The van der Waals surface area contributed by atoms with E-state index in [2.05, 4.69) is 10.6 Å². The number of hydrogen-bond donors (Lipinski definition) is 2. The summed E-state index contributed by atoms with van der Waals surface area (Å²) < 4.78 is 18.8. The maximum absolute atomic E-state index is 13.7. The van der Waals surface area contributed by atoms with Gasteiger partial charge in [0.1, 0.15) is 11.4 Å². The van der Waals surface area contributed by atoms with Crippen LogP contribution < -0.4 is 10.6 Å². The molecule has 23 heavy (non-hydrogen) atoms. The summed E-state index contributed by atoms with van der Waals surface area (Å²) in [5.74, 6) is -0.542. The number of ether oxygens (including phenoxy) is 1. The zero-order valence-corrected chi connectivity index (χ0v) is 13.3. The van der Waals surface area contributed by atoms with Crippen molar-refractivity contribution < 1.29 is 18.8 Å². The first-order valence-electron chi connectivity index (χ1n) is 7.34. The summed E-state index contributed by atoms with van der Waals surface area (Å²) >= 11 is 0. The Labute approximate surface area is 133 Å². The SMILES string of the molecule is CC(C)(C)OC(=O)NC1CC(Nc2cc([N+](=O)[O-])ccc2F)C1. The van der Waals surface area contributed by atoms with Gasteiger partial charge in [-0.2, -0.15) is 0 Å². The van der Waals surface area contributed by atoms with Gasteiger partial charge in [0.15, 0.2) is 0 Å². The monoisotopic (exact) mass is 325 g/mol. The summed E-state index contributed by atoms with van der Waals surface area (Å²) in [6, 6.07) is 3.25. The number of amides is 1. The molecule has 0 spiro atoms. The fraction of sp³-hybridized carbons (Fsp3) is 0.533. The lowest BCUT2D eigenvalue weighted by Gasteiger charge is -2.37. The van der Waals surface area contributed by atoms with Crippen LogP contribution >= 0.6 is 0 Å². The third-order valence-corrected chi connectivity index (χ3v) is 3.38. The highest BCUT2D eigenvalue weighted by molar-refractivity contribution is 5.68. The van der Waals surface area contributed by atoms with Gasteiger partial charge >= 0.3 is 6.09 Å². The van der Waals surface area contributed by atoms with Crippen molar-refractivity contribution in [2.75, 3.05) is 5.32 Å². The molecule has 2 rings (SSSR count). The van der Waals surface area contributed by atoms with Crippen molar-refractivity contribution in [1.82, 2.24) is 5.32 Å². The smallest absolute Gasteiger partial charge is 0.407 e. The van der Waals surface area contributed by atoms with Crippen molar-refractivity contribution in [3.05, 3.63) is 34.1 Å². The topological polar surface area (TPSA) is 93.5 Å². The number of carbonyl (C=O) groups is 1. The zero-order valence-electron chi connectivity index (χ0n) is 13.3. The fourth-order valence-electron chi connectivity index (χ4n) is 2.29. The van der Waals surface area contributed by atoms with E-state index in [1.54, 1.807) is 20.8 Å². The second kappa shape index (κ2) is 6.39. The number of benzene rings is 1. The summed E-state index contributed by atoms with van der Waals surface area (Å²) in [5, 5.41) is 16.4. The highest BCUT2D eigenvalue weighted by Gasteiger charge is 2.32. The largest absolute Gasteiger partial charge is 0.444 e. The second-order valence-corrected chi connectivity index (χ2v) is 6.58. The van der Waals surface area contributed by atoms with Gasteiger partial charge < -0.3 is 15.4 Å². The first kappa shape index (κ1) is 17.0. The lowest BCUT2D eigenvalue weighted by molar-refractivity contribution is -0.384. The molecule has 8 heteroatoms. The number of rotatable bonds is 4. The standard InChI is InChI=1S/C15H20FN3O4/c1-15(2,3)23-14(20)18-10-6-9(7-10)17-13-8-11(19(21)22)4-5-12(13)16/h4-5,8-10,17H,6-7H2,1-3H3,(H,18,20). The van der Waals surface area contributed by atoms with Crippen LogP contribution in [0.3, 0.4) is 0 Å². The molecule has 1 aromatic rings. The molecule has 0 bridgehead atoms. The van der Waals surface area contributed by atoms with Crippen LogP contribution in [0.5, 0.6) is 0 Å². The number of nitrogens with one attached hydrogen (secondary N) is 2. The molecule has 1 amide bonds. The van der Waals surface area contributed by atoms with Crippen LogP contribution in [0.15, 0.2) is 18.2 Å². The van der Waals surface area contributed by atoms with Crippen LogP contribution in [0.2, 0.25) is 0 Å². The quantitative estimate of drug-likeness (QED) is 0.655. The lowest BCUT2D eigenvalue weighted by Crippen LogP contribution is -2.50. The minimum Gasteiger partial charge on any atom is -0.444 e. The van der Waals surface area contributed by atoms with Gasteiger partial charge in [0.25, 0.3) is 5.69 Å². The van der Waals surface area contributed by atoms with Crippen LogP contribution in [-0.2, 0) is 4.74 Å². The number of nitrogens with zero attached hydrogens (tertiary/aromatic N) is 1. The molecule has 7 nitrogen and oxygen atoms in total. The van der Waals surface area contributed by atoms with Gasteiger partial charge in [-0.05, 0) is 39.7 Å². The molecule has 1 aromatic carbocycles. The van der Waals surface area contributed by atoms with E-state index in [0.717, 1.165) is 12.1 Å². The molecule has 1 aliphatic rings. The number of nitro benzene ring substituents is 1. The highest BCUT2D eigenvalue weighted by atomic mass is 19.1. The molecule has 0 atom stereocenters. The second-order valence-electron chi connectivity index (χ2n) is 6.58. The van der Waals surface area contributed by atoms with Crippen LogP contribution in [0.1, 0.15) is 33.6 Å². The van der Waals surface area contributed by atoms with Crippen molar-refractivity contribution in [2.45, 2.75) is 51.3 Å². The van der Waals surface area contributed by atoms with E-state index in [-0.39, 0.29) is 23.5 Å². The Hall–Kier alpha value is -2.38. The fourth-order valence-corrected chi connectivity index (χ4v) is 2.29. The average Bonchev–Trinajstić information content (AvgIpc) is 2.35. The minimum absolute atomic E-state index is 0.0496. The number of anilines is 1. The zero-order chi connectivity index (χ0) is 17.2. The van der Waals surface area contributed by atoms with Crippen molar-refractivity contribution in [2.24, 2.45) is 0 Å². The molecule has 0 aliphatic heterocycles. The van der Waals surface area contributed by atoms with Gasteiger partial charge in [-0.15, -0.1) is 0 Å². The molecule has 0 unspecified atom stereocenters. The lowest BCUT2D eigenvalue weighted by atomic mass is 9.86. The first-order valence-corrected chi connectivity index (χ1v) is 7.34. The Balaban J connectivity index is 1.83. The van der Waals surface area contributed by atoms with Crippen molar-refractivity contribution >= 4 is 17.5 Å². The number of hydrogen-bond acceptors (Lipinski definition) is 5. The van der Waals surface area contributed by atoms with Gasteiger partial charge in [-0.1, -0.05) is 0 Å². The Kier molecular flexibility index (Phi) is 4.72. The number of alkyl carbamates (subject to hydrolysis) is 1. The summed E-state index contributed by atoms with van der Waals surface area (Å²) in [4.78, 5) is 21.8. The first-order chi connectivity index (χ1) is 10.6. The van der Waals surface area contributed by atoms with Crippen LogP contribution in [-0.4, -0.2) is 28.7 Å². The van der Waals surface area contributed by atoms with E-state index in [1.807, 2.05) is 0 Å². The molecular formula is C15H20FN3O4. The number of halogens is 1. The number of nitro groups is 1. The molecule has 126 valence electrons. The molecule has 1 saturated carbocycles. The number of non-ortho nitro benzene ring substituents is 1. The molecule has 2 N–H and O–H groups in total. The van der Waals surface area contributed by atoms with Gasteiger partial charge in [-0.3, -0.25) is 10.1 Å². The molecular weight excluding hydrogens is 305 g/mol. The van der Waals surface area contributed by atoms with Crippen molar-refractivity contribution in [3.63, 3.8) is 0 Å². The Bertz CT molecular complexity index is 609. The average molecular weight is 325 g/mol. The molecule has 1 aliphatic carbocycles. The van der Waals surface area contributed by atoms with E-state index in [1.165, 1.54) is 6.07 Å². The summed E-state index contributed by atoms with van der Waals surface area (Å²) in [6.07, 6.45) is 0.713. The van der Waals surface area contributed by atoms with Gasteiger partial charge in [0.05, 0.1) is 10.6 Å². The molecule has 0 saturated heterocycles.